The highest BCUT2D eigenvalue weighted by molar-refractivity contribution is 5.70. The molecule has 0 amide bonds. The van der Waals surface area contributed by atoms with E-state index < -0.39 is 12.1 Å². The Morgan fingerprint density at radius 3 is 2.35 bits per heavy atom. The second kappa shape index (κ2) is 14.4. The number of carbonyl (C=O) groups excluding carboxylic acids is 2. The Kier molecular flexibility index (Phi) is 13.6. The summed E-state index contributed by atoms with van der Waals surface area (Å²) in [6, 6.07) is 0. The average Bonchev–Trinajstić information content (AvgIpc) is 2.51. The first-order chi connectivity index (χ1) is 11.0. The van der Waals surface area contributed by atoms with Crippen LogP contribution >= 0.6 is 0 Å². The third-order valence-electron chi connectivity index (χ3n) is 2.89. The quantitative estimate of drug-likeness (QED) is 0.290. The molecule has 3 N–H and O–H groups in total. The van der Waals surface area contributed by atoms with Crippen LogP contribution in [0.3, 0.4) is 0 Å². The standard InChI is InChI=1S/C15H28O8/c1-12(18)11-21-6-2-3-14(19)22-7-4-13(10-17)9-15(20)23-8-5-16/h12-13,16-18H,2-11H2,1H3. The first-order valence-electron chi connectivity index (χ1n) is 7.78. The molecule has 8 heteroatoms. The van der Waals surface area contributed by atoms with Gasteiger partial charge in [-0.3, -0.25) is 9.59 Å². The van der Waals surface area contributed by atoms with Crippen molar-refractivity contribution in [3.05, 3.63) is 0 Å². The molecule has 0 spiro atoms. The number of aliphatic hydroxyl groups excluding tert-OH is 3. The van der Waals surface area contributed by atoms with Gasteiger partial charge in [-0.25, -0.2) is 0 Å². The van der Waals surface area contributed by atoms with E-state index in [2.05, 4.69) is 0 Å². The summed E-state index contributed by atoms with van der Waals surface area (Å²) in [7, 11) is 0. The van der Waals surface area contributed by atoms with Crippen LogP contribution in [-0.2, 0) is 23.8 Å². The minimum absolute atomic E-state index is 0.0151. The Bertz CT molecular complexity index is 319. The van der Waals surface area contributed by atoms with Crippen LogP contribution in [0.25, 0.3) is 0 Å². The number of aliphatic hydroxyl groups is 3. The predicted octanol–water partition coefficient (Wildman–Crippen LogP) is -0.369. The van der Waals surface area contributed by atoms with Crippen molar-refractivity contribution in [1.82, 2.24) is 0 Å². The molecule has 0 aliphatic rings. The molecule has 0 saturated carbocycles. The number of carbonyl (C=O) groups is 2. The van der Waals surface area contributed by atoms with E-state index in [0.717, 1.165) is 0 Å². The first kappa shape index (κ1) is 21.8. The molecule has 2 atom stereocenters. The van der Waals surface area contributed by atoms with Gasteiger partial charge in [0.05, 0.1) is 32.3 Å². The van der Waals surface area contributed by atoms with Crippen LogP contribution in [0.5, 0.6) is 0 Å². The lowest BCUT2D eigenvalue weighted by atomic mass is 10.0. The van der Waals surface area contributed by atoms with Crippen LogP contribution in [0.4, 0.5) is 0 Å². The maximum atomic E-state index is 11.5. The van der Waals surface area contributed by atoms with Crippen molar-refractivity contribution in [2.24, 2.45) is 5.92 Å². The summed E-state index contributed by atoms with van der Waals surface area (Å²) in [5.74, 6) is -1.21. The molecule has 8 nitrogen and oxygen atoms in total. The van der Waals surface area contributed by atoms with E-state index >= 15 is 0 Å². The summed E-state index contributed by atoms with van der Waals surface area (Å²) in [6.45, 7) is 1.82. The molecule has 0 radical (unpaired) electrons. The largest absolute Gasteiger partial charge is 0.466 e. The molecular weight excluding hydrogens is 308 g/mol. The molecule has 0 aliphatic heterocycles. The molecule has 0 aromatic carbocycles. The third-order valence-corrected chi connectivity index (χ3v) is 2.89. The van der Waals surface area contributed by atoms with Crippen LogP contribution in [0.15, 0.2) is 0 Å². The van der Waals surface area contributed by atoms with Gasteiger partial charge in [-0.1, -0.05) is 0 Å². The molecule has 0 saturated heterocycles. The van der Waals surface area contributed by atoms with Gasteiger partial charge in [-0.15, -0.1) is 0 Å². The van der Waals surface area contributed by atoms with Gasteiger partial charge in [-0.05, 0) is 25.7 Å². The fourth-order valence-electron chi connectivity index (χ4n) is 1.70. The Hall–Kier alpha value is -1.22. The zero-order chi connectivity index (χ0) is 17.5. The van der Waals surface area contributed by atoms with Crippen LogP contribution in [0.1, 0.15) is 32.6 Å². The molecule has 0 fully saturated rings. The van der Waals surface area contributed by atoms with E-state index in [9.17, 15) is 14.7 Å². The van der Waals surface area contributed by atoms with Crippen molar-refractivity contribution in [2.45, 2.75) is 38.7 Å². The lowest BCUT2D eigenvalue weighted by molar-refractivity contribution is -0.146. The van der Waals surface area contributed by atoms with Gasteiger partial charge in [0.1, 0.15) is 6.61 Å². The van der Waals surface area contributed by atoms with E-state index in [1.165, 1.54) is 0 Å². The monoisotopic (exact) mass is 336 g/mol. The van der Waals surface area contributed by atoms with E-state index in [1.807, 2.05) is 0 Å². The SMILES string of the molecule is CC(O)COCCCC(=O)OCCC(CO)CC(=O)OCCO. The maximum Gasteiger partial charge on any atom is 0.306 e. The summed E-state index contributed by atoms with van der Waals surface area (Å²) >= 11 is 0. The van der Waals surface area contributed by atoms with E-state index in [0.29, 0.717) is 19.4 Å². The summed E-state index contributed by atoms with van der Waals surface area (Å²) < 4.78 is 14.8. The van der Waals surface area contributed by atoms with Gasteiger partial charge < -0.3 is 29.5 Å². The summed E-state index contributed by atoms with van der Waals surface area (Å²) in [6.07, 6.45) is 0.558. The van der Waals surface area contributed by atoms with Crippen molar-refractivity contribution < 1.29 is 39.1 Å². The molecule has 0 bridgehead atoms. The van der Waals surface area contributed by atoms with Crippen molar-refractivity contribution in [3.8, 4) is 0 Å². The molecule has 136 valence electrons. The topological polar surface area (TPSA) is 123 Å². The second-order valence-electron chi connectivity index (χ2n) is 5.23. The minimum atomic E-state index is -0.526. The van der Waals surface area contributed by atoms with Crippen LogP contribution in [0, 0.1) is 5.92 Å². The number of ether oxygens (including phenoxy) is 3. The lowest BCUT2D eigenvalue weighted by Gasteiger charge is -2.13. The summed E-state index contributed by atoms with van der Waals surface area (Å²) in [4.78, 5) is 22.8. The summed E-state index contributed by atoms with van der Waals surface area (Å²) in [5.41, 5.74) is 0. The van der Waals surface area contributed by atoms with Gasteiger partial charge in [0.25, 0.3) is 0 Å². The van der Waals surface area contributed by atoms with E-state index in [-0.39, 0.29) is 57.8 Å². The lowest BCUT2D eigenvalue weighted by Crippen LogP contribution is -2.19. The predicted molar refractivity (Wildman–Crippen MR) is 80.5 cm³/mol. The molecule has 0 aromatic rings. The van der Waals surface area contributed by atoms with Crippen molar-refractivity contribution in [1.29, 1.82) is 0 Å². The normalized spacial score (nSPS) is 13.4. The van der Waals surface area contributed by atoms with E-state index in [1.54, 1.807) is 6.92 Å². The molecule has 0 aliphatic carbocycles. The zero-order valence-electron chi connectivity index (χ0n) is 13.6. The molecular formula is C15H28O8. The highest BCUT2D eigenvalue weighted by Gasteiger charge is 2.15. The Labute approximate surface area is 136 Å². The highest BCUT2D eigenvalue weighted by atomic mass is 16.5. The zero-order valence-corrected chi connectivity index (χ0v) is 13.6. The highest BCUT2D eigenvalue weighted by Crippen LogP contribution is 2.09. The van der Waals surface area contributed by atoms with Crippen molar-refractivity contribution in [2.75, 3.05) is 39.6 Å². The fourth-order valence-corrected chi connectivity index (χ4v) is 1.70. The third kappa shape index (κ3) is 14.1. The number of hydrogen-bond donors (Lipinski definition) is 3. The Morgan fingerprint density at radius 2 is 1.74 bits per heavy atom. The van der Waals surface area contributed by atoms with Crippen LogP contribution in [0.2, 0.25) is 0 Å². The van der Waals surface area contributed by atoms with Crippen molar-refractivity contribution >= 4 is 11.9 Å². The maximum absolute atomic E-state index is 11.5. The molecule has 0 heterocycles. The van der Waals surface area contributed by atoms with Crippen LogP contribution in [-0.4, -0.2) is 73.0 Å². The van der Waals surface area contributed by atoms with E-state index in [4.69, 9.17) is 24.4 Å². The van der Waals surface area contributed by atoms with Gasteiger partial charge in [0.2, 0.25) is 0 Å². The van der Waals surface area contributed by atoms with Gasteiger partial charge in [0, 0.05) is 19.6 Å². The van der Waals surface area contributed by atoms with Gasteiger partial charge >= 0.3 is 11.9 Å². The van der Waals surface area contributed by atoms with Gasteiger partial charge in [0.15, 0.2) is 0 Å². The van der Waals surface area contributed by atoms with Crippen LogP contribution < -0.4 is 0 Å². The number of rotatable bonds is 14. The summed E-state index contributed by atoms with van der Waals surface area (Å²) in [5, 5.41) is 26.7. The molecule has 2 unspecified atom stereocenters. The van der Waals surface area contributed by atoms with Crippen molar-refractivity contribution in [3.63, 3.8) is 0 Å². The fraction of sp³-hybridized carbons (Fsp3) is 0.867. The molecule has 0 aromatic heterocycles. The minimum Gasteiger partial charge on any atom is -0.466 e. The molecule has 0 rings (SSSR count). The Balaban J connectivity index is 3.68. The average molecular weight is 336 g/mol. The Morgan fingerprint density at radius 1 is 1.04 bits per heavy atom. The molecule has 23 heavy (non-hydrogen) atoms. The number of esters is 2. The smallest absolute Gasteiger partial charge is 0.306 e. The first-order valence-corrected chi connectivity index (χ1v) is 7.78. The van der Waals surface area contributed by atoms with Gasteiger partial charge in [-0.2, -0.15) is 0 Å². The second-order valence-corrected chi connectivity index (χ2v) is 5.23. The number of hydrogen-bond acceptors (Lipinski definition) is 8.